The Morgan fingerprint density at radius 2 is 2.04 bits per heavy atom. The Morgan fingerprint density at radius 3 is 2.67 bits per heavy atom. The molecule has 3 rings (SSSR count). The van der Waals surface area contributed by atoms with Crippen LogP contribution in [-0.4, -0.2) is 43.9 Å². The molecule has 27 heavy (non-hydrogen) atoms. The SMILES string of the molecule is Cc1cc(N2CCOCC2)nc(C2CC2)c1OC(=O)NCCCC(C)(C)C. The van der Waals surface area contributed by atoms with Gasteiger partial charge in [-0.05, 0) is 49.7 Å². The molecule has 1 aliphatic heterocycles. The molecule has 1 saturated heterocycles. The summed E-state index contributed by atoms with van der Waals surface area (Å²) in [4.78, 5) is 19.4. The summed E-state index contributed by atoms with van der Waals surface area (Å²) in [5.74, 6) is 2.02. The molecule has 1 amide bonds. The summed E-state index contributed by atoms with van der Waals surface area (Å²) >= 11 is 0. The minimum Gasteiger partial charge on any atom is -0.408 e. The van der Waals surface area contributed by atoms with Gasteiger partial charge in [0.1, 0.15) is 5.82 Å². The zero-order valence-electron chi connectivity index (χ0n) is 17.1. The Balaban J connectivity index is 1.64. The van der Waals surface area contributed by atoms with Gasteiger partial charge in [0.15, 0.2) is 5.75 Å². The molecule has 150 valence electrons. The maximum absolute atomic E-state index is 12.3. The van der Waals surface area contributed by atoms with Crippen LogP contribution in [0.5, 0.6) is 5.75 Å². The maximum Gasteiger partial charge on any atom is 0.412 e. The molecule has 0 spiro atoms. The summed E-state index contributed by atoms with van der Waals surface area (Å²) in [5.41, 5.74) is 2.18. The van der Waals surface area contributed by atoms with E-state index in [0.29, 0.717) is 18.2 Å². The van der Waals surface area contributed by atoms with Crippen LogP contribution in [0.2, 0.25) is 0 Å². The van der Waals surface area contributed by atoms with Crippen molar-refractivity contribution in [2.75, 3.05) is 37.7 Å². The van der Waals surface area contributed by atoms with E-state index >= 15 is 0 Å². The first-order valence-electron chi connectivity index (χ1n) is 10.1. The summed E-state index contributed by atoms with van der Waals surface area (Å²) in [5, 5.41) is 2.88. The highest BCUT2D eigenvalue weighted by atomic mass is 16.6. The third kappa shape index (κ3) is 5.83. The fourth-order valence-corrected chi connectivity index (χ4v) is 3.33. The van der Waals surface area contributed by atoms with Crippen molar-refractivity contribution in [2.24, 2.45) is 5.41 Å². The average Bonchev–Trinajstić information content (AvgIpc) is 3.45. The Hall–Kier alpha value is -1.82. The zero-order valence-corrected chi connectivity index (χ0v) is 17.1. The van der Waals surface area contributed by atoms with Crippen molar-refractivity contribution in [1.29, 1.82) is 0 Å². The standard InChI is InChI=1S/C21H33N3O3/c1-15-14-17(24-10-12-26-13-11-24)23-18(16-6-7-16)19(15)27-20(25)22-9-5-8-21(2,3)4/h14,16H,5-13H2,1-4H3,(H,22,25). The van der Waals surface area contributed by atoms with Crippen LogP contribution in [-0.2, 0) is 4.74 Å². The monoisotopic (exact) mass is 375 g/mol. The first kappa shape index (κ1) is 19.9. The van der Waals surface area contributed by atoms with Crippen molar-refractivity contribution >= 4 is 11.9 Å². The Kier molecular flexibility index (Phi) is 6.25. The maximum atomic E-state index is 12.3. The van der Waals surface area contributed by atoms with Crippen LogP contribution in [0.3, 0.4) is 0 Å². The second-order valence-electron chi connectivity index (χ2n) is 8.87. The summed E-state index contributed by atoms with van der Waals surface area (Å²) in [6.07, 6.45) is 3.86. The highest BCUT2D eigenvalue weighted by molar-refractivity contribution is 5.71. The molecular formula is C21H33N3O3. The Labute approximate surface area is 162 Å². The number of aromatic nitrogens is 1. The Bertz CT molecular complexity index is 659. The van der Waals surface area contributed by atoms with Crippen molar-refractivity contribution in [3.63, 3.8) is 0 Å². The van der Waals surface area contributed by atoms with Gasteiger partial charge in [0.2, 0.25) is 0 Å². The normalized spacial score (nSPS) is 17.7. The average molecular weight is 376 g/mol. The van der Waals surface area contributed by atoms with Crippen molar-refractivity contribution in [3.05, 3.63) is 17.3 Å². The highest BCUT2D eigenvalue weighted by Crippen LogP contribution is 2.45. The quantitative estimate of drug-likeness (QED) is 0.761. The van der Waals surface area contributed by atoms with Crippen LogP contribution in [0.4, 0.5) is 10.6 Å². The van der Waals surface area contributed by atoms with Gasteiger partial charge >= 0.3 is 6.09 Å². The van der Waals surface area contributed by atoms with Gasteiger partial charge in [0.05, 0.1) is 18.9 Å². The molecule has 1 aromatic heterocycles. The number of rotatable bonds is 6. The third-order valence-corrected chi connectivity index (χ3v) is 5.04. The lowest BCUT2D eigenvalue weighted by Crippen LogP contribution is -2.37. The van der Waals surface area contributed by atoms with E-state index in [9.17, 15) is 4.79 Å². The summed E-state index contributed by atoms with van der Waals surface area (Å²) in [6.45, 7) is 12.4. The molecule has 1 aliphatic carbocycles. The number of anilines is 1. The van der Waals surface area contributed by atoms with Gasteiger partial charge in [-0.25, -0.2) is 9.78 Å². The highest BCUT2D eigenvalue weighted by Gasteiger charge is 2.31. The van der Waals surface area contributed by atoms with Crippen LogP contribution in [0, 0.1) is 12.3 Å². The molecule has 1 aromatic rings. The number of morpholine rings is 1. The second kappa shape index (κ2) is 8.46. The van der Waals surface area contributed by atoms with Crippen LogP contribution in [0.25, 0.3) is 0 Å². The lowest BCUT2D eigenvalue weighted by Gasteiger charge is -2.29. The molecule has 6 heteroatoms. The van der Waals surface area contributed by atoms with Crippen molar-refractivity contribution in [3.8, 4) is 5.75 Å². The lowest BCUT2D eigenvalue weighted by molar-refractivity contribution is 0.122. The number of hydrogen-bond acceptors (Lipinski definition) is 5. The summed E-state index contributed by atoms with van der Waals surface area (Å²) in [7, 11) is 0. The predicted octanol–water partition coefficient (Wildman–Crippen LogP) is 4.02. The second-order valence-corrected chi connectivity index (χ2v) is 8.87. The van der Waals surface area contributed by atoms with Crippen LogP contribution in [0.1, 0.15) is 63.6 Å². The fraction of sp³-hybridized carbons (Fsp3) is 0.714. The van der Waals surface area contributed by atoms with E-state index in [4.69, 9.17) is 14.5 Å². The number of aryl methyl sites for hydroxylation is 1. The molecule has 6 nitrogen and oxygen atoms in total. The van der Waals surface area contributed by atoms with Gasteiger partial charge in [0, 0.05) is 25.6 Å². The first-order chi connectivity index (χ1) is 12.8. The van der Waals surface area contributed by atoms with E-state index in [1.54, 1.807) is 0 Å². The molecule has 0 bridgehead atoms. The van der Waals surface area contributed by atoms with Crippen LogP contribution < -0.4 is 15.0 Å². The topological polar surface area (TPSA) is 63.7 Å². The van der Waals surface area contributed by atoms with Crippen LogP contribution in [0.15, 0.2) is 6.07 Å². The number of carbonyl (C=O) groups excluding carboxylic acids is 1. The number of nitrogens with zero attached hydrogens (tertiary/aromatic N) is 2. The smallest absolute Gasteiger partial charge is 0.408 e. The number of pyridine rings is 1. The fourth-order valence-electron chi connectivity index (χ4n) is 3.33. The first-order valence-corrected chi connectivity index (χ1v) is 10.1. The summed E-state index contributed by atoms with van der Waals surface area (Å²) < 4.78 is 11.1. The number of nitrogens with one attached hydrogen (secondary N) is 1. The van der Waals surface area contributed by atoms with Crippen molar-refractivity contribution < 1.29 is 14.3 Å². The van der Waals surface area contributed by atoms with Gasteiger partial charge in [-0.3, -0.25) is 0 Å². The van der Waals surface area contributed by atoms with E-state index < -0.39 is 0 Å². The molecule has 0 radical (unpaired) electrons. The molecule has 0 unspecified atom stereocenters. The number of hydrogen-bond donors (Lipinski definition) is 1. The Morgan fingerprint density at radius 1 is 1.33 bits per heavy atom. The van der Waals surface area contributed by atoms with E-state index in [0.717, 1.165) is 69.1 Å². The van der Waals surface area contributed by atoms with Gasteiger partial charge in [-0.15, -0.1) is 0 Å². The van der Waals surface area contributed by atoms with E-state index in [-0.39, 0.29) is 11.5 Å². The van der Waals surface area contributed by atoms with Gasteiger partial charge in [-0.2, -0.15) is 0 Å². The van der Waals surface area contributed by atoms with Crippen molar-refractivity contribution in [2.45, 2.75) is 59.3 Å². The molecule has 2 fully saturated rings. The number of amides is 1. The van der Waals surface area contributed by atoms with Gasteiger partial charge in [-0.1, -0.05) is 20.8 Å². The number of ether oxygens (including phenoxy) is 2. The largest absolute Gasteiger partial charge is 0.412 e. The zero-order chi connectivity index (χ0) is 19.4. The minimum atomic E-state index is -0.380. The minimum absolute atomic E-state index is 0.278. The van der Waals surface area contributed by atoms with E-state index in [2.05, 4.69) is 31.0 Å². The van der Waals surface area contributed by atoms with E-state index in [1.165, 1.54) is 0 Å². The molecular weight excluding hydrogens is 342 g/mol. The van der Waals surface area contributed by atoms with Gasteiger partial charge in [0.25, 0.3) is 0 Å². The molecule has 0 atom stereocenters. The number of carbonyl (C=O) groups is 1. The van der Waals surface area contributed by atoms with E-state index in [1.807, 2.05) is 13.0 Å². The van der Waals surface area contributed by atoms with Crippen molar-refractivity contribution in [1.82, 2.24) is 10.3 Å². The van der Waals surface area contributed by atoms with Crippen LogP contribution >= 0.6 is 0 Å². The molecule has 1 saturated carbocycles. The predicted molar refractivity (Wildman–Crippen MR) is 107 cm³/mol. The molecule has 0 aromatic carbocycles. The lowest BCUT2D eigenvalue weighted by atomic mass is 9.91. The molecule has 2 heterocycles. The third-order valence-electron chi connectivity index (χ3n) is 5.04. The molecule has 1 N–H and O–H groups in total. The van der Waals surface area contributed by atoms with Gasteiger partial charge < -0.3 is 19.7 Å². The summed E-state index contributed by atoms with van der Waals surface area (Å²) in [6, 6.07) is 2.03. The molecule has 2 aliphatic rings.